The van der Waals surface area contributed by atoms with Gasteiger partial charge in [-0.15, -0.1) is 10.2 Å². The van der Waals surface area contributed by atoms with Crippen molar-refractivity contribution in [1.82, 2.24) is 20.2 Å². The highest BCUT2D eigenvalue weighted by atomic mass is 16.5. The smallest absolute Gasteiger partial charge is 0.345 e. The van der Waals surface area contributed by atoms with Crippen LogP contribution in [-0.2, 0) is 0 Å². The number of aromatic nitrogens is 4. The molecule has 0 amide bonds. The van der Waals surface area contributed by atoms with Crippen LogP contribution in [0.3, 0.4) is 0 Å². The third-order valence-corrected chi connectivity index (χ3v) is 4.86. The zero-order chi connectivity index (χ0) is 24.0. The lowest BCUT2D eigenvalue weighted by atomic mass is 10.2. The molecule has 9 heteroatoms. The lowest BCUT2D eigenvalue weighted by Gasteiger charge is -2.08. The Morgan fingerprint density at radius 2 is 1.06 bits per heavy atom. The largest absolute Gasteiger partial charge is 0.422 e. The number of esters is 2. The molecule has 3 aromatic heterocycles. The molecule has 35 heavy (non-hydrogen) atoms. The maximum atomic E-state index is 12.5. The van der Waals surface area contributed by atoms with Crippen LogP contribution in [0, 0.1) is 0 Å². The first-order chi connectivity index (χ1) is 17.2. The van der Waals surface area contributed by atoms with E-state index in [4.69, 9.17) is 13.9 Å². The van der Waals surface area contributed by atoms with E-state index in [0.29, 0.717) is 22.3 Å². The van der Waals surface area contributed by atoms with Gasteiger partial charge in [0.15, 0.2) is 0 Å². The molecule has 0 N–H and O–H groups in total. The maximum Gasteiger partial charge on any atom is 0.345 e. The quantitative estimate of drug-likeness (QED) is 0.262. The summed E-state index contributed by atoms with van der Waals surface area (Å²) in [5.41, 5.74) is 1.46. The van der Waals surface area contributed by atoms with Gasteiger partial charge < -0.3 is 13.9 Å². The number of ether oxygens (including phenoxy) is 2. The Kier molecular flexibility index (Phi) is 6.03. The number of pyridine rings is 2. The summed E-state index contributed by atoms with van der Waals surface area (Å²) in [5, 5.41) is 8.22. The Balaban J connectivity index is 1.42. The number of carbonyl (C=O) groups excluding carboxylic acids is 2. The Hall–Kier alpha value is -5.18. The average molecular weight is 464 g/mol. The molecular formula is C26H16N4O5. The van der Waals surface area contributed by atoms with Gasteiger partial charge in [-0.25, -0.2) is 9.59 Å². The van der Waals surface area contributed by atoms with E-state index in [-0.39, 0.29) is 23.3 Å². The second-order valence-corrected chi connectivity index (χ2v) is 7.17. The zero-order valence-electron chi connectivity index (χ0n) is 18.1. The van der Waals surface area contributed by atoms with Gasteiger partial charge in [-0.1, -0.05) is 24.3 Å². The minimum Gasteiger partial charge on any atom is -0.422 e. The van der Waals surface area contributed by atoms with Crippen molar-refractivity contribution in [2.24, 2.45) is 0 Å². The SMILES string of the molecule is O=C(Oc1ccccc1-c1nnc(-c2ccccc2OC(=O)c2cccnc2)o1)c1cccnc1. The van der Waals surface area contributed by atoms with Crippen molar-refractivity contribution in [3.05, 3.63) is 109 Å². The predicted molar refractivity (Wildman–Crippen MR) is 124 cm³/mol. The lowest BCUT2D eigenvalue weighted by Crippen LogP contribution is -2.09. The van der Waals surface area contributed by atoms with Crippen molar-refractivity contribution in [3.63, 3.8) is 0 Å². The molecular weight excluding hydrogens is 448 g/mol. The van der Waals surface area contributed by atoms with E-state index in [0.717, 1.165) is 0 Å². The fourth-order valence-corrected chi connectivity index (χ4v) is 3.19. The predicted octanol–water partition coefficient (Wildman–Crippen LogP) is 4.63. The number of para-hydroxylation sites is 2. The lowest BCUT2D eigenvalue weighted by molar-refractivity contribution is 0.0725. The van der Waals surface area contributed by atoms with Crippen LogP contribution in [0.2, 0.25) is 0 Å². The summed E-state index contributed by atoms with van der Waals surface area (Å²) < 4.78 is 17.0. The average Bonchev–Trinajstić information content (AvgIpc) is 3.40. The Morgan fingerprint density at radius 3 is 1.49 bits per heavy atom. The normalized spacial score (nSPS) is 10.5. The second-order valence-electron chi connectivity index (χ2n) is 7.17. The van der Waals surface area contributed by atoms with Crippen molar-refractivity contribution < 1.29 is 23.5 Å². The van der Waals surface area contributed by atoms with Gasteiger partial charge in [0.05, 0.1) is 22.3 Å². The molecule has 0 aliphatic rings. The van der Waals surface area contributed by atoms with E-state index < -0.39 is 11.9 Å². The fourth-order valence-electron chi connectivity index (χ4n) is 3.19. The topological polar surface area (TPSA) is 117 Å². The van der Waals surface area contributed by atoms with Gasteiger partial charge in [0, 0.05) is 24.8 Å². The summed E-state index contributed by atoms with van der Waals surface area (Å²) in [6.07, 6.45) is 5.96. The number of carbonyl (C=O) groups is 2. The molecule has 0 bridgehead atoms. The molecule has 5 rings (SSSR count). The van der Waals surface area contributed by atoms with Crippen LogP contribution in [0.25, 0.3) is 22.9 Å². The van der Waals surface area contributed by atoms with Crippen molar-refractivity contribution >= 4 is 11.9 Å². The maximum absolute atomic E-state index is 12.5. The van der Waals surface area contributed by atoms with Crippen molar-refractivity contribution in [2.75, 3.05) is 0 Å². The summed E-state index contributed by atoms with van der Waals surface area (Å²) in [5.74, 6) is -0.400. The standard InChI is InChI=1S/C26H16N4O5/c31-25(17-7-5-13-27-15-17)33-21-11-3-1-9-19(21)23-29-30-24(35-23)20-10-2-4-12-22(20)34-26(32)18-8-6-14-28-16-18/h1-16H. The first-order valence-electron chi connectivity index (χ1n) is 10.5. The van der Waals surface area contributed by atoms with E-state index in [9.17, 15) is 9.59 Å². The van der Waals surface area contributed by atoms with Gasteiger partial charge in [0.25, 0.3) is 11.8 Å². The highest BCUT2D eigenvalue weighted by Crippen LogP contribution is 2.34. The van der Waals surface area contributed by atoms with Crippen molar-refractivity contribution in [3.8, 4) is 34.4 Å². The number of rotatable bonds is 6. The molecule has 0 aliphatic heterocycles. The Morgan fingerprint density at radius 1 is 0.600 bits per heavy atom. The molecule has 170 valence electrons. The van der Waals surface area contributed by atoms with Gasteiger partial charge in [-0.3, -0.25) is 9.97 Å². The van der Waals surface area contributed by atoms with E-state index in [1.165, 1.54) is 12.4 Å². The molecule has 9 nitrogen and oxygen atoms in total. The molecule has 0 aliphatic carbocycles. The highest BCUT2D eigenvalue weighted by Gasteiger charge is 2.20. The van der Waals surface area contributed by atoms with Crippen LogP contribution in [0.1, 0.15) is 20.7 Å². The van der Waals surface area contributed by atoms with Gasteiger partial charge >= 0.3 is 11.9 Å². The Bertz CT molecular complexity index is 1370. The van der Waals surface area contributed by atoms with Crippen LogP contribution in [0.15, 0.2) is 102 Å². The van der Waals surface area contributed by atoms with E-state index in [1.54, 1.807) is 85.2 Å². The Labute approximate surface area is 199 Å². The summed E-state index contributed by atoms with van der Waals surface area (Å²) in [7, 11) is 0. The van der Waals surface area contributed by atoms with Crippen LogP contribution >= 0.6 is 0 Å². The number of nitrogens with zero attached hydrogens (tertiary/aromatic N) is 4. The number of hydrogen-bond donors (Lipinski definition) is 0. The summed E-state index contributed by atoms with van der Waals surface area (Å²) in [6, 6.07) is 20.1. The highest BCUT2D eigenvalue weighted by molar-refractivity contribution is 5.92. The molecule has 0 atom stereocenters. The molecule has 0 spiro atoms. The minimum absolute atomic E-state index is 0.128. The van der Waals surface area contributed by atoms with E-state index in [1.807, 2.05) is 0 Å². The first kappa shape index (κ1) is 21.7. The molecule has 5 aromatic rings. The molecule has 0 saturated heterocycles. The van der Waals surface area contributed by atoms with Crippen molar-refractivity contribution in [2.45, 2.75) is 0 Å². The van der Waals surface area contributed by atoms with Crippen molar-refractivity contribution in [1.29, 1.82) is 0 Å². The molecule has 3 heterocycles. The monoisotopic (exact) mass is 464 g/mol. The van der Waals surface area contributed by atoms with Crippen LogP contribution < -0.4 is 9.47 Å². The van der Waals surface area contributed by atoms with Crippen LogP contribution in [0.4, 0.5) is 0 Å². The molecule has 2 aromatic carbocycles. The van der Waals surface area contributed by atoms with Gasteiger partial charge in [-0.05, 0) is 48.5 Å². The molecule has 0 radical (unpaired) electrons. The minimum atomic E-state index is -0.571. The van der Waals surface area contributed by atoms with Gasteiger partial charge in [0.2, 0.25) is 0 Å². The van der Waals surface area contributed by atoms with E-state index in [2.05, 4.69) is 20.2 Å². The molecule has 0 fully saturated rings. The number of benzene rings is 2. The second kappa shape index (κ2) is 9.75. The fraction of sp³-hybridized carbons (Fsp3) is 0. The van der Waals surface area contributed by atoms with Crippen LogP contribution in [0.5, 0.6) is 11.5 Å². The third kappa shape index (κ3) is 4.79. The summed E-state index contributed by atoms with van der Waals surface area (Å²) in [4.78, 5) is 32.9. The van der Waals surface area contributed by atoms with Crippen LogP contribution in [-0.4, -0.2) is 32.1 Å². The van der Waals surface area contributed by atoms with E-state index >= 15 is 0 Å². The first-order valence-corrected chi connectivity index (χ1v) is 10.5. The number of hydrogen-bond acceptors (Lipinski definition) is 9. The molecule has 0 unspecified atom stereocenters. The van der Waals surface area contributed by atoms with Gasteiger partial charge in [-0.2, -0.15) is 0 Å². The summed E-state index contributed by atoms with van der Waals surface area (Å²) in [6.45, 7) is 0. The molecule has 0 saturated carbocycles. The summed E-state index contributed by atoms with van der Waals surface area (Å²) >= 11 is 0. The zero-order valence-corrected chi connectivity index (χ0v) is 18.1. The third-order valence-electron chi connectivity index (χ3n) is 4.86. The van der Waals surface area contributed by atoms with Gasteiger partial charge in [0.1, 0.15) is 11.5 Å².